The number of nitrogens with one attached hydrogen (secondary N) is 1. The molecule has 3 aromatic rings. The Balaban J connectivity index is 0.985. The second kappa shape index (κ2) is 9.42. The van der Waals surface area contributed by atoms with Gasteiger partial charge in [-0.15, -0.1) is 0 Å². The van der Waals surface area contributed by atoms with Crippen molar-refractivity contribution in [3.63, 3.8) is 0 Å². The molecule has 6 heteroatoms. The van der Waals surface area contributed by atoms with Crippen molar-refractivity contribution in [3.05, 3.63) is 63.8 Å². The lowest BCUT2D eigenvalue weighted by atomic mass is 9.74. The smallest absolute Gasteiger partial charge is 0.270 e. The highest BCUT2D eigenvalue weighted by Crippen LogP contribution is 2.46. The molecule has 190 valence electrons. The molecule has 3 aliphatic rings. The van der Waals surface area contributed by atoms with Gasteiger partial charge >= 0.3 is 0 Å². The van der Waals surface area contributed by atoms with Gasteiger partial charge in [0.05, 0.1) is 6.61 Å². The van der Waals surface area contributed by atoms with Gasteiger partial charge in [0.15, 0.2) is 0 Å². The van der Waals surface area contributed by atoms with Gasteiger partial charge in [0.25, 0.3) is 5.91 Å². The maximum Gasteiger partial charge on any atom is 0.270 e. The van der Waals surface area contributed by atoms with Gasteiger partial charge < -0.3 is 19.5 Å². The van der Waals surface area contributed by atoms with Crippen LogP contribution < -0.4 is 4.74 Å². The molecular weight excluding hydrogens is 470 g/mol. The molecule has 3 aliphatic heterocycles. The molecule has 2 aromatic carbocycles. The van der Waals surface area contributed by atoms with Gasteiger partial charge in [-0.05, 0) is 107 Å². The molecule has 0 radical (unpaired) electrons. The Morgan fingerprint density at radius 3 is 2.64 bits per heavy atom. The molecule has 0 atom stereocenters. The van der Waals surface area contributed by atoms with E-state index in [2.05, 4.69) is 41.9 Å². The van der Waals surface area contributed by atoms with Gasteiger partial charge in [-0.2, -0.15) is 0 Å². The number of rotatable bonds is 4. The Kier molecular flexibility index (Phi) is 6.25. The molecule has 0 bridgehead atoms. The fraction of sp³-hybridized carbons (Fsp3) is 0.500. The number of amides is 1. The maximum absolute atomic E-state index is 13.2. The number of piperidine rings is 2. The maximum atomic E-state index is 13.2. The summed E-state index contributed by atoms with van der Waals surface area (Å²) in [6.07, 6.45) is 5.73. The summed E-state index contributed by atoms with van der Waals surface area (Å²) in [4.78, 5) is 21.2. The number of carbonyl (C=O) groups excluding carboxylic acids is 1. The number of aromatic amines is 1. The number of benzene rings is 2. The molecule has 1 amide bonds. The Morgan fingerprint density at radius 1 is 1.08 bits per heavy atom. The van der Waals surface area contributed by atoms with Crippen molar-refractivity contribution < 1.29 is 9.53 Å². The van der Waals surface area contributed by atoms with Gasteiger partial charge in [0, 0.05) is 40.0 Å². The van der Waals surface area contributed by atoms with E-state index < -0.39 is 0 Å². The third-order valence-electron chi connectivity index (χ3n) is 8.91. The highest BCUT2D eigenvalue weighted by Gasteiger charge is 2.43. The SMILES string of the molecule is Cc1cc(C)c2cc(C(=O)N3CCC(CCN4CCC5(CC4)COc4cc(Cl)ccc45)CC3)[nH]c2c1. The largest absolute Gasteiger partial charge is 0.492 e. The zero-order chi connectivity index (χ0) is 24.9. The lowest BCUT2D eigenvalue weighted by molar-refractivity contribution is 0.0669. The number of H-pyrrole nitrogens is 1. The molecule has 2 saturated heterocycles. The van der Waals surface area contributed by atoms with Crippen LogP contribution in [0.5, 0.6) is 5.75 Å². The van der Waals surface area contributed by atoms with Crippen molar-refractivity contribution in [2.45, 2.75) is 51.4 Å². The molecule has 6 rings (SSSR count). The molecule has 2 fully saturated rings. The summed E-state index contributed by atoms with van der Waals surface area (Å²) in [5, 5.41) is 1.90. The van der Waals surface area contributed by atoms with E-state index in [0.717, 1.165) is 92.4 Å². The second-order valence-corrected chi connectivity index (χ2v) is 11.7. The summed E-state index contributed by atoms with van der Waals surface area (Å²) in [6, 6.07) is 12.5. The standard InChI is InChI=1S/C30H36ClN3O2/c1-20-15-21(2)24-18-27(32-26(24)16-20)29(35)34-11-6-22(7-12-34)5-10-33-13-8-30(9-14-33)19-36-28-17-23(31)3-4-25(28)30/h3-4,15-18,22,32H,5-14,19H2,1-2H3. The highest BCUT2D eigenvalue weighted by atomic mass is 35.5. The molecule has 0 aliphatic carbocycles. The topological polar surface area (TPSA) is 48.6 Å². The molecule has 0 saturated carbocycles. The van der Waals surface area contributed by atoms with Crippen molar-refractivity contribution in [2.75, 3.05) is 39.3 Å². The summed E-state index contributed by atoms with van der Waals surface area (Å²) in [6.45, 7) is 10.1. The molecule has 0 unspecified atom stereocenters. The van der Waals surface area contributed by atoms with Crippen LogP contribution in [0.1, 0.15) is 59.3 Å². The molecule has 1 N–H and O–H groups in total. The second-order valence-electron chi connectivity index (χ2n) is 11.3. The van der Waals surface area contributed by atoms with Gasteiger partial charge in [-0.25, -0.2) is 0 Å². The minimum atomic E-state index is 0.142. The Morgan fingerprint density at radius 2 is 1.86 bits per heavy atom. The minimum Gasteiger partial charge on any atom is -0.492 e. The number of hydrogen-bond acceptors (Lipinski definition) is 3. The van der Waals surface area contributed by atoms with Gasteiger partial charge in [0.1, 0.15) is 11.4 Å². The van der Waals surface area contributed by atoms with Crippen LogP contribution in [0.3, 0.4) is 0 Å². The van der Waals surface area contributed by atoms with Gasteiger partial charge in [-0.1, -0.05) is 23.7 Å². The summed E-state index contributed by atoms with van der Waals surface area (Å²) in [5.41, 5.74) is 5.74. The van der Waals surface area contributed by atoms with Crippen LogP contribution in [0, 0.1) is 19.8 Å². The predicted octanol–water partition coefficient (Wildman–Crippen LogP) is 6.11. The van der Waals surface area contributed by atoms with Gasteiger partial charge in [0.2, 0.25) is 0 Å². The van der Waals surface area contributed by atoms with Crippen molar-refractivity contribution in [3.8, 4) is 5.75 Å². The first kappa shape index (κ1) is 23.9. The van der Waals surface area contributed by atoms with Crippen molar-refractivity contribution in [2.24, 2.45) is 5.92 Å². The predicted molar refractivity (Wildman–Crippen MR) is 145 cm³/mol. The van der Waals surface area contributed by atoms with E-state index in [9.17, 15) is 4.79 Å². The average molecular weight is 506 g/mol. The molecule has 4 heterocycles. The molecule has 1 spiro atoms. The summed E-state index contributed by atoms with van der Waals surface area (Å²) < 4.78 is 6.01. The van der Waals surface area contributed by atoms with Crippen LogP contribution in [0.25, 0.3) is 10.9 Å². The normalized spacial score (nSPS) is 20.1. The minimum absolute atomic E-state index is 0.142. The van der Waals surface area contributed by atoms with Crippen molar-refractivity contribution in [1.82, 2.24) is 14.8 Å². The first-order valence-corrected chi connectivity index (χ1v) is 13.8. The van der Waals surface area contributed by atoms with Crippen LogP contribution in [0.2, 0.25) is 5.02 Å². The molecule has 5 nitrogen and oxygen atoms in total. The van der Waals surface area contributed by atoms with E-state index in [-0.39, 0.29) is 11.3 Å². The first-order chi connectivity index (χ1) is 17.4. The Labute approximate surface area is 218 Å². The Bertz CT molecular complexity index is 1280. The van der Waals surface area contributed by atoms with Crippen LogP contribution in [-0.4, -0.2) is 60.0 Å². The number of aryl methyl sites for hydroxylation is 2. The van der Waals surface area contributed by atoms with E-state index in [1.165, 1.54) is 23.1 Å². The van der Waals surface area contributed by atoms with E-state index in [1.807, 2.05) is 23.1 Å². The number of carbonyl (C=O) groups is 1. The fourth-order valence-electron chi connectivity index (χ4n) is 6.64. The van der Waals surface area contributed by atoms with Gasteiger partial charge in [-0.3, -0.25) is 4.79 Å². The third kappa shape index (κ3) is 4.41. The first-order valence-electron chi connectivity index (χ1n) is 13.4. The summed E-state index contributed by atoms with van der Waals surface area (Å²) in [7, 11) is 0. The lowest BCUT2D eigenvalue weighted by Crippen LogP contribution is -2.44. The molecular formula is C30H36ClN3O2. The number of likely N-dealkylation sites (tertiary alicyclic amines) is 2. The number of fused-ring (bicyclic) bond motifs is 3. The molecule has 36 heavy (non-hydrogen) atoms. The van der Waals surface area contributed by atoms with E-state index in [0.29, 0.717) is 5.92 Å². The highest BCUT2D eigenvalue weighted by molar-refractivity contribution is 6.30. The summed E-state index contributed by atoms with van der Waals surface area (Å²) in [5.74, 6) is 1.83. The van der Waals surface area contributed by atoms with Crippen molar-refractivity contribution in [1.29, 1.82) is 0 Å². The monoisotopic (exact) mass is 505 g/mol. The summed E-state index contributed by atoms with van der Waals surface area (Å²) >= 11 is 6.16. The number of hydrogen-bond donors (Lipinski definition) is 1. The number of nitrogens with zero attached hydrogens (tertiary/aromatic N) is 2. The number of aromatic nitrogens is 1. The number of ether oxygens (including phenoxy) is 1. The van der Waals surface area contributed by atoms with Crippen LogP contribution >= 0.6 is 11.6 Å². The zero-order valence-corrected chi connectivity index (χ0v) is 22.2. The Hall–Kier alpha value is -2.50. The lowest BCUT2D eigenvalue weighted by Gasteiger charge is -2.39. The van der Waals surface area contributed by atoms with Crippen LogP contribution in [0.4, 0.5) is 0 Å². The molecule has 1 aromatic heterocycles. The zero-order valence-electron chi connectivity index (χ0n) is 21.4. The van der Waals surface area contributed by atoms with Crippen LogP contribution in [0.15, 0.2) is 36.4 Å². The van der Waals surface area contributed by atoms with Crippen LogP contribution in [-0.2, 0) is 5.41 Å². The van der Waals surface area contributed by atoms with E-state index in [1.54, 1.807) is 0 Å². The fourth-order valence-corrected chi connectivity index (χ4v) is 6.80. The van der Waals surface area contributed by atoms with E-state index in [4.69, 9.17) is 16.3 Å². The van der Waals surface area contributed by atoms with Crippen molar-refractivity contribution >= 4 is 28.4 Å². The van der Waals surface area contributed by atoms with E-state index >= 15 is 0 Å². The number of halogens is 1. The third-order valence-corrected chi connectivity index (χ3v) is 9.14. The quantitative estimate of drug-likeness (QED) is 0.465. The average Bonchev–Trinajstić information content (AvgIpc) is 3.46.